The fraction of sp³-hybridized carbons (Fsp3) is 1.00. The largest absolute Gasteiger partial charge is 0.269 e. The fourth-order valence-electron chi connectivity index (χ4n) is 0. The molecule has 5 heteroatoms. The van der Waals surface area contributed by atoms with E-state index in [4.69, 9.17) is 0 Å². The quantitative estimate of drug-likeness (QED) is 0.565. The molecule has 0 amide bonds. The molecule has 0 aromatic carbocycles. The monoisotopic (exact) mass is 234 g/mol. The molecule has 70 valence electrons. The summed E-state index contributed by atoms with van der Waals surface area (Å²) in [6.07, 6.45) is 0. The van der Waals surface area contributed by atoms with Crippen LogP contribution in [0.3, 0.4) is 0 Å². The summed E-state index contributed by atoms with van der Waals surface area (Å²) in [6, 6.07) is 0. The molecular formula is C6H20F2Si2Ti. The zero-order chi connectivity index (χ0) is 7.15. The summed E-state index contributed by atoms with van der Waals surface area (Å²) in [5, 5.41) is 0. The molecule has 0 saturated carbocycles. The van der Waals surface area contributed by atoms with Crippen LogP contribution < -0.4 is 0 Å². The van der Waals surface area contributed by atoms with Crippen molar-refractivity contribution >= 4 is 17.6 Å². The third-order valence-electron chi connectivity index (χ3n) is 0. The molecule has 0 fully saturated rings. The van der Waals surface area contributed by atoms with Gasteiger partial charge in [0.05, 0.1) is 0 Å². The van der Waals surface area contributed by atoms with Crippen molar-refractivity contribution in [1.29, 1.82) is 0 Å². The van der Waals surface area contributed by atoms with Gasteiger partial charge in [-0.25, -0.2) is 0 Å². The van der Waals surface area contributed by atoms with Gasteiger partial charge in [-0.2, -0.15) is 0 Å². The van der Waals surface area contributed by atoms with Crippen LogP contribution in [0, 0.1) is 0 Å². The van der Waals surface area contributed by atoms with Gasteiger partial charge in [-0.05, 0) is 0 Å². The van der Waals surface area contributed by atoms with Crippen LogP contribution in [0.25, 0.3) is 0 Å². The van der Waals surface area contributed by atoms with Gasteiger partial charge in [-0.3, -0.25) is 9.41 Å². The Kier molecular flexibility index (Phi) is 60.5. The molecule has 0 aromatic heterocycles. The summed E-state index contributed by atoms with van der Waals surface area (Å²) in [4.78, 5) is 0. The van der Waals surface area contributed by atoms with Crippen molar-refractivity contribution in [2.24, 2.45) is 0 Å². The minimum Gasteiger partial charge on any atom is -0.269 e. The fourth-order valence-corrected chi connectivity index (χ4v) is 0. The second-order valence-electron chi connectivity index (χ2n) is 3.00. The van der Waals surface area contributed by atoms with Crippen LogP contribution in [0.1, 0.15) is 0 Å². The van der Waals surface area contributed by atoms with E-state index in [0.717, 1.165) is 0 Å². The molecule has 0 atom stereocenters. The summed E-state index contributed by atoms with van der Waals surface area (Å²) in [5.41, 5.74) is 0. The first-order valence-corrected chi connectivity index (χ1v) is 9.00. The van der Waals surface area contributed by atoms with Crippen molar-refractivity contribution < 1.29 is 31.1 Å². The molecular weight excluding hydrogens is 214 g/mol. The predicted molar refractivity (Wildman–Crippen MR) is 51.7 cm³/mol. The Morgan fingerprint density at radius 2 is 0.545 bits per heavy atom. The van der Waals surface area contributed by atoms with E-state index in [1.807, 2.05) is 0 Å². The minimum absolute atomic E-state index is 0. The SMILES string of the molecule is C[Si](C)C.C[Si](C)C.F.F.[Ti]. The molecule has 0 aromatic rings. The molecule has 0 bridgehead atoms. The molecule has 0 N–H and O–H groups in total. The molecule has 0 saturated heterocycles. The summed E-state index contributed by atoms with van der Waals surface area (Å²) in [5.74, 6) is 0. The van der Waals surface area contributed by atoms with Gasteiger partial charge in [0.1, 0.15) is 0 Å². The Labute approximate surface area is 88.0 Å². The van der Waals surface area contributed by atoms with E-state index < -0.39 is 0 Å². The predicted octanol–water partition coefficient (Wildman–Crippen LogP) is 3.04. The number of hydrogen-bond acceptors (Lipinski definition) is 0. The standard InChI is InChI=1S/2C3H9Si.2FH.Ti/c2*1-4(2)3;;;/h2*1-3H3;2*1H;. The van der Waals surface area contributed by atoms with E-state index in [2.05, 4.69) is 39.3 Å². The zero-order valence-corrected chi connectivity index (χ0v) is 11.9. The van der Waals surface area contributed by atoms with Crippen molar-refractivity contribution in [3.05, 3.63) is 0 Å². The van der Waals surface area contributed by atoms with Gasteiger partial charge in [0.25, 0.3) is 0 Å². The van der Waals surface area contributed by atoms with Crippen LogP contribution in [0.4, 0.5) is 9.41 Å². The van der Waals surface area contributed by atoms with Gasteiger partial charge in [-0.1, -0.05) is 39.3 Å². The first-order chi connectivity index (χ1) is 3.46. The van der Waals surface area contributed by atoms with Gasteiger partial charge < -0.3 is 0 Å². The minimum atomic E-state index is 0. The van der Waals surface area contributed by atoms with E-state index in [1.165, 1.54) is 0 Å². The summed E-state index contributed by atoms with van der Waals surface area (Å²) < 4.78 is 0. The Morgan fingerprint density at radius 1 is 0.545 bits per heavy atom. The van der Waals surface area contributed by atoms with Crippen molar-refractivity contribution in [2.75, 3.05) is 0 Å². The van der Waals surface area contributed by atoms with Crippen molar-refractivity contribution in [3.63, 3.8) is 0 Å². The van der Waals surface area contributed by atoms with E-state index in [0.29, 0.717) is 0 Å². The molecule has 0 rings (SSSR count). The molecule has 0 heterocycles. The van der Waals surface area contributed by atoms with E-state index in [-0.39, 0.29) is 48.7 Å². The number of hydrogen-bond donors (Lipinski definition) is 0. The molecule has 0 aliphatic rings. The maximum Gasteiger partial charge on any atom is 0.0379 e. The van der Waals surface area contributed by atoms with Gasteiger partial charge in [0.2, 0.25) is 0 Å². The van der Waals surface area contributed by atoms with Crippen LogP contribution >= 0.6 is 0 Å². The smallest absolute Gasteiger partial charge is 0.0379 e. The Balaban J connectivity index is -0.0000000171. The van der Waals surface area contributed by atoms with E-state index in [9.17, 15) is 0 Å². The van der Waals surface area contributed by atoms with Crippen LogP contribution in [-0.2, 0) is 21.7 Å². The Hall–Kier alpha value is 1.01. The van der Waals surface area contributed by atoms with Crippen molar-refractivity contribution in [2.45, 2.75) is 39.3 Å². The molecule has 0 aliphatic heterocycles. The van der Waals surface area contributed by atoms with E-state index >= 15 is 0 Å². The van der Waals surface area contributed by atoms with Crippen LogP contribution in [-0.4, -0.2) is 17.6 Å². The summed E-state index contributed by atoms with van der Waals surface area (Å²) in [6.45, 7) is 13.6. The maximum atomic E-state index is 2.27. The Morgan fingerprint density at radius 3 is 0.545 bits per heavy atom. The average Bonchev–Trinajstić information content (AvgIpc) is 1.25. The first-order valence-electron chi connectivity index (χ1n) is 3.00. The van der Waals surface area contributed by atoms with Crippen molar-refractivity contribution in [3.8, 4) is 0 Å². The first kappa shape index (κ1) is 29.6. The molecule has 0 aliphatic carbocycles. The van der Waals surface area contributed by atoms with Gasteiger partial charge in [0, 0.05) is 39.3 Å². The Bertz CT molecular complexity index is 34.1. The number of halogens is 2. The van der Waals surface area contributed by atoms with Gasteiger partial charge in [-0.15, -0.1) is 0 Å². The number of rotatable bonds is 0. The van der Waals surface area contributed by atoms with Gasteiger partial charge in [0.15, 0.2) is 0 Å². The second-order valence-corrected chi connectivity index (χ2v) is 9.00. The van der Waals surface area contributed by atoms with Crippen LogP contribution in [0.15, 0.2) is 0 Å². The van der Waals surface area contributed by atoms with E-state index in [1.54, 1.807) is 0 Å². The van der Waals surface area contributed by atoms with Gasteiger partial charge >= 0.3 is 0 Å². The molecule has 0 spiro atoms. The third kappa shape index (κ3) is 879. The van der Waals surface area contributed by atoms with Crippen LogP contribution in [0.5, 0.6) is 0 Å². The molecule has 0 nitrogen and oxygen atoms in total. The maximum absolute atomic E-state index is 2.27. The molecule has 11 heavy (non-hydrogen) atoms. The summed E-state index contributed by atoms with van der Waals surface area (Å²) in [7, 11) is 0.241. The zero-order valence-electron chi connectivity index (χ0n) is 8.32. The van der Waals surface area contributed by atoms with Crippen LogP contribution in [0.2, 0.25) is 39.3 Å². The molecule has 2 radical (unpaired) electrons. The normalized spacial score (nSPS) is 6.55. The van der Waals surface area contributed by atoms with Crippen molar-refractivity contribution in [1.82, 2.24) is 0 Å². The summed E-state index contributed by atoms with van der Waals surface area (Å²) >= 11 is 0. The topological polar surface area (TPSA) is 0 Å². The third-order valence-corrected chi connectivity index (χ3v) is 0. The average molecular weight is 234 g/mol. The second kappa shape index (κ2) is 22.4. The molecule has 0 unspecified atom stereocenters.